The summed E-state index contributed by atoms with van der Waals surface area (Å²) < 4.78 is 0. The molecule has 2 rings (SSSR count). The SMILES string of the molecule is CCNCC1CCCN1Cc1c(C)cc(C)cc1C. The van der Waals surface area contributed by atoms with E-state index in [4.69, 9.17) is 0 Å². The van der Waals surface area contributed by atoms with Gasteiger partial charge in [-0.1, -0.05) is 24.6 Å². The van der Waals surface area contributed by atoms with Crippen LogP contribution in [0.4, 0.5) is 0 Å². The Morgan fingerprint density at radius 1 is 1.21 bits per heavy atom. The summed E-state index contributed by atoms with van der Waals surface area (Å²) in [5.41, 5.74) is 5.82. The predicted octanol–water partition coefficient (Wildman–Crippen LogP) is 3.19. The van der Waals surface area contributed by atoms with Crippen molar-refractivity contribution in [1.82, 2.24) is 10.2 Å². The average Bonchev–Trinajstić information content (AvgIpc) is 2.78. The smallest absolute Gasteiger partial charge is 0.0242 e. The Morgan fingerprint density at radius 3 is 2.53 bits per heavy atom. The van der Waals surface area contributed by atoms with Crippen LogP contribution in [-0.4, -0.2) is 30.6 Å². The van der Waals surface area contributed by atoms with Gasteiger partial charge >= 0.3 is 0 Å². The minimum Gasteiger partial charge on any atom is -0.315 e. The molecule has 0 radical (unpaired) electrons. The van der Waals surface area contributed by atoms with Crippen molar-refractivity contribution in [1.29, 1.82) is 0 Å². The van der Waals surface area contributed by atoms with E-state index in [1.807, 2.05) is 0 Å². The van der Waals surface area contributed by atoms with Crippen molar-refractivity contribution in [2.45, 2.75) is 53.1 Å². The summed E-state index contributed by atoms with van der Waals surface area (Å²) in [7, 11) is 0. The van der Waals surface area contributed by atoms with Gasteiger partial charge in [0.2, 0.25) is 0 Å². The number of rotatable bonds is 5. The van der Waals surface area contributed by atoms with E-state index in [-0.39, 0.29) is 0 Å². The Kier molecular flexibility index (Phi) is 5.00. The molecule has 0 saturated carbocycles. The third kappa shape index (κ3) is 3.58. The highest BCUT2D eigenvalue weighted by Crippen LogP contribution is 2.24. The molecule has 0 spiro atoms. The molecule has 2 heteroatoms. The lowest BCUT2D eigenvalue weighted by molar-refractivity contribution is 0.239. The van der Waals surface area contributed by atoms with Gasteiger partial charge in [-0.2, -0.15) is 0 Å². The van der Waals surface area contributed by atoms with Crippen LogP contribution in [0.25, 0.3) is 0 Å². The number of aryl methyl sites for hydroxylation is 3. The third-order valence-electron chi connectivity index (χ3n) is 4.33. The van der Waals surface area contributed by atoms with Crippen LogP contribution >= 0.6 is 0 Å². The Balaban J connectivity index is 2.08. The molecule has 1 aliphatic heterocycles. The fourth-order valence-corrected chi connectivity index (χ4v) is 3.31. The van der Waals surface area contributed by atoms with Crippen molar-refractivity contribution in [3.05, 3.63) is 34.4 Å². The maximum Gasteiger partial charge on any atom is 0.0242 e. The second kappa shape index (κ2) is 6.53. The number of hydrogen-bond acceptors (Lipinski definition) is 2. The number of nitrogens with one attached hydrogen (secondary N) is 1. The highest BCUT2D eigenvalue weighted by Gasteiger charge is 2.24. The molecule has 1 fully saturated rings. The van der Waals surface area contributed by atoms with E-state index in [0.717, 1.165) is 25.7 Å². The second-order valence-corrected chi connectivity index (χ2v) is 5.95. The van der Waals surface area contributed by atoms with Crippen LogP contribution in [0.5, 0.6) is 0 Å². The predicted molar refractivity (Wildman–Crippen MR) is 82.6 cm³/mol. The van der Waals surface area contributed by atoms with Crippen LogP contribution in [0, 0.1) is 20.8 Å². The molecule has 106 valence electrons. The number of hydrogen-bond donors (Lipinski definition) is 1. The molecule has 1 aromatic rings. The standard InChI is InChI=1S/C17H28N2/c1-5-18-11-16-7-6-8-19(16)12-17-14(3)9-13(2)10-15(17)4/h9-10,16,18H,5-8,11-12H2,1-4H3. The van der Waals surface area contributed by atoms with Crippen molar-refractivity contribution in [2.75, 3.05) is 19.6 Å². The molecular weight excluding hydrogens is 232 g/mol. The van der Waals surface area contributed by atoms with Crippen LogP contribution in [-0.2, 0) is 6.54 Å². The van der Waals surface area contributed by atoms with Crippen molar-refractivity contribution >= 4 is 0 Å². The van der Waals surface area contributed by atoms with E-state index >= 15 is 0 Å². The summed E-state index contributed by atoms with van der Waals surface area (Å²) in [5, 5.41) is 3.50. The first-order valence-electron chi connectivity index (χ1n) is 7.63. The zero-order valence-corrected chi connectivity index (χ0v) is 12.9. The summed E-state index contributed by atoms with van der Waals surface area (Å²) in [6.07, 6.45) is 2.69. The van der Waals surface area contributed by atoms with Gasteiger partial charge in [0.05, 0.1) is 0 Å². The van der Waals surface area contributed by atoms with Gasteiger partial charge in [0.25, 0.3) is 0 Å². The van der Waals surface area contributed by atoms with E-state index in [0.29, 0.717) is 0 Å². The van der Waals surface area contributed by atoms with E-state index in [9.17, 15) is 0 Å². The molecule has 0 bridgehead atoms. The average molecular weight is 260 g/mol. The van der Waals surface area contributed by atoms with Crippen LogP contribution in [0.3, 0.4) is 0 Å². The highest BCUT2D eigenvalue weighted by atomic mass is 15.2. The number of benzene rings is 1. The van der Waals surface area contributed by atoms with Gasteiger partial charge < -0.3 is 5.32 Å². The van der Waals surface area contributed by atoms with Crippen LogP contribution in [0.15, 0.2) is 12.1 Å². The normalized spacial score (nSPS) is 20.1. The Hall–Kier alpha value is -0.860. The Labute approximate surface area is 118 Å². The van der Waals surface area contributed by atoms with Gasteiger partial charge in [-0.15, -0.1) is 0 Å². The van der Waals surface area contributed by atoms with Gasteiger partial charge in [-0.25, -0.2) is 0 Å². The second-order valence-electron chi connectivity index (χ2n) is 5.95. The fraction of sp³-hybridized carbons (Fsp3) is 0.647. The van der Waals surface area contributed by atoms with Gasteiger partial charge in [-0.05, 0) is 63.4 Å². The minimum atomic E-state index is 0.722. The molecule has 19 heavy (non-hydrogen) atoms. The Bertz CT molecular complexity index is 402. The molecule has 0 amide bonds. The molecule has 1 saturated heterocycles. The summed E-state index contributed by atoms with van der Waals surface area (Å²) in [6.45, 7) is 13.5. The van der Waals surface area contributed by atoms with Gasteiger partial charge in [0.15, 0.2) is 0 Å². The Morgan fingerprint density at radius 2 is 1.89 bits per heavy atom. The topological polar surface area (TPSA) is 15.3 Å². The third-order valence-corrected chi connectivity index (χ3v) is 4.33. The minimum absolute atomic E-state index is 0.722. The van der Waals surface area contributed by atoms with Crippen molar-refractivity contribution in [3.63, 3.8) is 0 Å². The lowest BCUT2D eigenvalue weighted by Crippen LogP contribution is -2.37. The summed E-state index contributed by atoms with van der Waals surface area (Å²) in [4.78, 5) is 2.66. The number of nitrogens with zero attached hydrogens (tertiary/aromatic N) is 1. The first kappa shape index (κ1) is 14.5. The van der Waals surface area contributed by atoms with Crippen molar-refractivity contribution < 1.29 is 0 Å². The molecule has 0 aromatic heterocycles. The molecule has 1 N–H and O–H groups in total. The summed E-state index contributed by atoms with van der Waals surface area (Å²) in [6, 6.07) is 5.36. The van der Waals surface area contributed by atoms with E-state index in [1.54, 1.807) is 0 Å². The monoisotopic (exact) mass is 260 g/mol. The summed E-state index contributed by atoms with van der Waals surface area (Å²) >= 11 is 0. The summed E-state index contributed by atoms with van der Waals surface area (Å²) in [5.74, 6) is 0. The molecule has 1 aliphatic rings. The molecule has 1 atom stereocenters. The number of likely N-dealkylation sites (N-methyl/N-ethyl adjacent to an activating group) is 1. The van der Waals surface area contributed by atoms with Gasteiger partial charge in [0.1, 0.15) is 0 Å². The maximum atomic E-state index is 3.50. The first-order valence-corrected chi connectivity index (χ1v) is 7.63. The lowest BCUT2D eigenvalue weighted by Gasteiger charge is -2.26. The molecular formula is C17H28N2. The first-order chi connectivity index (χ1) is 9.11. The zero-order valence-electron chi connectivity index (χ0n) is 12.9. The van der Waals surface area contributed by atoms with Crippen LogP contribution in [0.2, 0.25) is 0 Å². The quantitative estimate of drug-likeness (QED) is 0.874. The van der Waals surface area contributed by atoms with E-state index < -0.39 is 0 Å². The van der Waals surface area contributed by atoms with E-state index in [1.165, 1.54) is 41.6 Å². The molecule has 1 heterocycles. The van der Waals surface area contributed by atoms with Gasteiger partial charge in [-0.3, -0.25) is 4.90 Å². The molecule has 1 unspecified atom stereocenters. The fourth-order valence-electron chi connectivity index (χ4n) is 3.31. The van der Waals surface area contributed by atoms with Crippen LogP contribution in [0.1, 0.15) is 42.0 Å². The maximum absolute atomic E-state index is 3.50. The lowest BCUT2D eigenvalue weighted by atomic mass is 9.99. The molecule has 2 nitrogen and oxygen atoms in total. The van der Waals surface area contributed by atoms with Crippen molar-refractivity contribution in [3.8, 4) is 0 Å². The largest absolute Gasteiger partial charge is 0.315 e. The van der Waals surface area contributed by atoms with Gasteiger partial charge in [0, 0.05) is 19.1 Å². The highest BCUT2D eigenvalue weighted by molar-refractivity contribution is 5.37. The molecule has 0 aliphatic carbocycles. The van der Waals surface area contributed by atoms with Crippen LogP contribution < -0.4 is 5.32 Å². The van der Waals surface area contributed by atoms with E-state index in [2.05, 4.69) is 50.0 Å². The van der Waals surface area contributed by atoms with Crippen molar-refractivity contribution in [2.24, 2.45) is 0 Å². The molecule has 1 aromatic carbocycles. The number of likely N-dealkylation sites (tertiary alicyclic amines) is 1. The zero-order chi connectivity index (χ0) is 13.8.